The Morgan fingerprint density at radius 2 is 1.18 bits per heavy atom. The highest BCUT2D eigenvalue weighted by atomic mass is 14.3. The van der Waals surface area contributed by atoms with Crippen molar-refractivity contribution in [3.63, 3.8) is 0 Å². The predicted molar refractivity (Wildman–Crippen MR) is 102 cm³/mol. The van der Waals surface area contributed by atoms with E-state index in [2.05, 4.69) is 77.1 Å². The SMILES string of the molecule is CC.CC.Cc1cccc(C(C)(C)c2ccc(C)c(C)c2)c1. The first-order valence-corrected chi connectivity index (χ1v) is 8.56. The van der Waals surface area contributed by atoms with Gasteiger partial charge in [0.25, 0.3) is 0 Å². The van der Waals surface area contributed by atoms with Gasteiger partial charge in [0.15, 0.2) is 0 Å². The molecule has 2 rings (SSSR count). The molecular formula is C22H34. The summed E-state index contributed by atoms with van der Waals surface area (Å²) in [6.07, 6.45) is 0. The van der Waals surface area contributed by atoms with Gasteiger partial charge >= 0.3 is 0 Å². The summed E-state index contributed by atoms with van der Waals surface area (Å²) in [5, 5.41) is 0. The maximum Gasteiger partial charge on any atom is 0.0146 e. The lowest BCUT2D eigenvalue weighted by Gasteiger charge is -2.27. The van der Waals surface area contributed by atoms with Crippen molar-refractivity contribution in [2.75, 3.05) is 0 Å². The van der Waals surface area contributed by atoms with Crippen molar-refractivity contribution in [1.29, 1.82) is 0 Å². The van der Waals surface area contributed by atoms with Crippen LogP contribution in [0.2, 0.25) is 0 Å². The molecule has 0 radical (unpaired) electrons. The summed E-state index contributed by atoms with van der Waals surface area (Å²) < 4.78 is 0. The number of hydrogen-bond acceptors (Lipinski definition) is 0. The normalized spacial score (nSPS) is 10.0. The van der Waals surface area contributed by atoms with E-state index in [1.165, 1.54) is 27.8 Å². The van der Waals surface area contributed by atoms with Gasteiger partial charge < -0.3 is 0 Å². The van der Waals surface area contributed by atoms with E-state index < -0.39 is 0 Å². The third kappa shape index (κ3) is 5.02. The quantitative estimate of drug-likeness (QED) is 0.560. The Labute approximate surface area is 138 Å². The van der Waals surface area contributed by atoms with Crippen LogP contribution in [0.3, 0.4) is 0 Å². The van der Waals surface area contributed by atoms with E-state index in [4.69, 9.17) is 0 Å². The largest absolute Gasteiger partial charge is 0.0683 e. The highest BCUT2D eigenvalue weighted by Crippen LogP contribution is 2.32. The fourth-order valence-corrected chi connectivity index (χ4v) is 2.33. The second kappa shape index (κ2) is 9.46. The molecule has 22 heavy (non-hydrogen) atoms. The molecule has 0 saturated carbocycles. The minimum absolute atomic E-state index is 0.0600. The molecule has 0 unspecified atom stereocenters. The molecule has 0 spiro atoms. The molecule has 122 valence electrons. The van der Waals surface area contributed by atoms with Crippen molar-refractivity contribution in [3.8, 4) is 0 Å². The molecule has 2 aromatic rings. The number of benzene rings is 2. The van der Waals surface area contributed by atoms with E-state index in [1.54, 1.807) is 0 Å². The molecule has 0 amide bonds. The standard InChI is InChI=1S/C18H22.2C2H6/c1-13-7-6-8-16(11-13)18(4,5)17-10-9-14(2)15(3)12-17;2*1-2/h6-12H,1-5H3;2*1-2H3. The van der Waals surface area contributed by atoms with Crippen molar-refractivity contribution in [2.45, 2.75) is 67.7 Å². The molecule has 0 bridgehead atoms. The van der Waals surface area contributed by atoms with E-state index in [-0.39, 0.29) is 5.41 Å². The van der Waals surface area contributed by atoms with Gasteiger partial charge in [-0.1, -0.05) is 89.6 Å². The zero-order valence-electron chi connectivity index (χ0n) is 16.0. The smallest absolute Gasteiger partial charge is 0.0146 e. The second-order valence-electron chi connectivity index (χ2n) is 5.79. The summed E-state index contributed by atoms with van der Waals surface area (Å²) in [5.74, 6) is 0. The lowest BCUT2D eigenvalue weighted by molar-refractivity contribution is 0.639. The summed E-state index contributed by atoms with van der Waals surface area (Å²) in [6, 6.07) is 15.6. The van der Waals surface area contributed by atoms with Gasteiger partial charge in [-0.3, -0.25) is 0 Å². The van der Waals surface area contributed by atoms with Crippen LogP contribution in [-0.2, 0) is 5.41 Å². The Balaban J connectivity index is 0.00000102. The Hall–Kier alpha value is -1.56. The van der Waals surface area contributed by atoms with Crippen LogP contribution in [0.25, 0.3) is 0 Å². The maximum atomic E-state index is 2.32. The average Bonchev–Trinajstić information content (AvgIpc) is 2.54. The summed E-state index contributed by atoms with van der Waals surface area (Å²) in [5.41, 5.74) is 6.88. The molecule has 0 aromatic heterocycles. The molecule has 0 N–H and O–H groups in total. The van der Waals surface area contributed by atoms with E-state index in [0.717, 1.165) is 0 Å². The first kappa shape index (κ1) is 20.4. The number of rotatable bonds is 2. The molecule has 0 heteroatoms. The Morgan fingerprint density at radius 3 is 1.68 bits per heavy atom. The first-order valence-electron chi connectivity index (χ1n) is 8.56. The second-order valence-corrected chi connectivity index (χ2v) is 5.79. The van der Waals surface area contributed by atoms with Gasteiger partial charge in [0.2, 0.25) is 0 Å². The molecule has 0 atom stereocenters. The molecule has 0 aliphatic rings. The third-order valence-electron chi connectivity index (χ3n) is 3.97. The third-order valence-corrected chi connectivity index (χ3v) is 3.97. The Bertz CT molecular complexity index is 562. The summed E-state index contributed by atoms with van der Waals surface area (Å²) in [6.45, 7) is 19.1. The number of hydrogen-bond donors (Lipinski definition) is 0. The van der Waals surface area contributed by atoms with Crippen LogP contribution in [0.4, 0.5) is 0 Å². The van der Waals surface area contributed by atoms with Crippen LogP contribution < -0.4 is 0 Å². The molecule has 0 aliphatic carbocycles. The summed E-state index contributed by atoms with van der Waals surface area (Å²) in [4.78, 5) is 0. The first-order chi connectivity index (χ1) is 10.4. The Kier molecular flexibility index (Phi) is 8.79. The van der Waals surface area contributed by atoms with Crippen LogP contribution in [0.5, 0.6) is 0 Å². The minimum Gasteiger partial charge on any atom is -0.0683 e. The van der Waals surface area contributed by atoms with E-state index in [1.807, 2.05) is 27.7 Å². The van der Waals surface area contributed by atoms with Gasteiger partial charge in [0, 0.05) is 5.41 Å². The van der Waals surface area contributed by atoms with Gasteiger partial charge in [-0.25, -0.2) is 0 Å². The summed E-state index contributed by atoms with van der Waals surface area (Å²) in [7, 11) is 0. The monoisotopic (exact) mass is 298 g/mol. The predicted octanol–water partition coefficient (Wildman–Crippen LogP) is 6.99. The number of aryl methyl sites for hydroxylation is 3. The van der Waals surface area contributed by atoms with Crippen LogP contribution >= 0.6 is 0 Å². The minimum atomic E-state index is 0.0600. The van der Waals surface area contributed by atoms with Crippen molar-refractivity contribution in [2.24, 2.45) is 0 Å². The van der Waals surface area contributed by atoms with Gasteiger partial charge in [0.05, 0.1) is 0 Å². The van der Waals surface area contributed by atoms with Crippen molar-refractivity contribution < 1.29 is 0 Å². The topological polar surface area (TPSA) is 0 Å². The fourth-order valence-electron chi connectivity index (χ4n) is 2.33. The van der Waals surface area contributed by atoms with Crippen molar-refractivity contribution in [3.05, 3.63) is 70.3 Å². The van der Waals surface area contributed by atoms with Gasteiger partial charge in [-0.2, -0.15) is 0 Å². The van der Waals surface area contributed by atoms with E-state index in [9.17, 15) is 0 Å². The van der Waals surface area contributed by atoms with E-state index in [0.29, 0.717) is 0 Å². The average molecular weight is 299 g/mol. The molecule has 0 aliphatic heterocycles. The molecular weight excluding hydrogens is 264 g/mol. The molecule has 0 saturated heterocycles. The fraction of sp³-hybridized carbons (Fsp3) is 0.455. The lowest BCUT2D eigenvalue weighted by Crippen LogP contribution is -2.19. The zero-order chi connectivity index (χ0) is 17.3. The van der Waals surface area contributed by atoms with E-state index >= 15 is 0 Å². The van der Waals surface area contributed by atoms with Crippen LogP contribution in [0.15, 0.2) is 42.5 Å². The molecule has 0 fully saturated rings. The van der Waals surface area contributed by atoms with Crippen LogP contribution in [-0.4, -0.2) is 0 Å². The van der Waals surface area contributed by atoms with Crippen molar-refractivity contribution in [1.82, 2.24) is 0 Å². The Morgan fingerprint density at radius 1 is 0.636 bits per heavy atom. The van der Waals surface area contributed by atoms with Crippen molar-refractivity contribution >= 4 is 0 Å². The maximum absolute atomic E-state index is 2.32. The highest BCUT2D eigenvalue weighted by Gasteiger charge is 2.23. The van der Waals surface area contributed by atoms with Gasteiger partial charge in [-0.05, 0) is 43.0 Å². The highest BCUT2D eigenvalue weighted by molar-refractivity contribution is 5.42. The van der Waals surface area contributed by atoms with Gasteiger partial charge in [0.1, 0.15) is 0 Å². The van der Waals surface area contributed by atoms with Gasteiger partial charge in [-0.15, -0.1) is 0 Å². The molecule has 2 aromatic carbocycles. The molecule has 0 nitrogen and oxygen atoms in total. The lowest BCUT2D eigenvalue weighted by atomic mass is 9.77. The molecule has 0 heterocycles. The van der Waals surface area contributed by atoms with Crippen LogP contribution in [0, 0.1) is 20.8 Å². The summed E-state index contributed by atoms with van der Waals surface area (Å²) >= 11 is 0. The van der Waals surface area contributed by atoms with Crippen LogP contribution in [0.1, 0.15) is 69.4 Å². The zero-order valence-corrected chi connectivity index (χ0v) is 16.0.